The predicted octanol–water partition coefficient (Wildman–Crippen LogP) is 5.02. The van der Waals surface area contributed by atoms with E-state index in [-0.39, 0.29) is 22.8 Å². The van der Waals surface area contributed by atoms with Gasteiger partial charge in [-0.1, -0.05) is 36.0 Å². The molecule has 6 heteroatoms. The molecule has 27 heavy (non-hydrogen) atoms. The SMILES string of the molecule is COC(=O)COc1cc2c(c(Cl)c1Cl)C1=CC(=O)CCC1(C1CCCC1)C2. The van der Waals surface area contributed by atoms with Gasteiger partial charge < -0.3 is 9.47 Å². The molecular formula is C21H22Cl2O4. The second-order valence-corrected chi connectivity index (χ2v) is 8.50. The Morgan fingerprint density at radius 1 is 1.26 bits per heavy atom. The Labute approximate surface area is 168 Å². The third-order valence-corrected chi connectivity index (χ3v) is 7.25. The number of ketones is 1. The van der Waals surface area contributed by atoms with Crippen LogP contribution in [0.4, 0.5) is 0 Å². The number of esters is 1. The molecule has 3 aliphatic carbocycles. The second kappa shape index (κ2) is 7.14. The van der Waals surface area contributed by atoms with E-state index in [1.807, 2.05) is 6.07 Å². The van der Waals surface area contributed by atoms with Gasteiger partial charge in [0.1, 0.15) is 10.8 Å². The summed E-state index contributed by atoms with van der Waals surface area (Å²) >= 11 is 13.1. The molecular weight excluding hydrogens is 387 g/mol. The van der Waals surface area contributed by atoms with E-state index in [2.05, 4.69) is 4.74 Å². The van der Waals surface area contributed by atoms with Crippen molar-refractivity contribution in [3.63, 3.8) is 0 Å². The monoisotopic (exact) mass is 408 g/mol. The molecule has 0 amide bonds. The van der Waals surface area contributed by atoms with Crippen LogP contribution >= 0.6 is 23.2 Å². The lowest BCUT2D eigenvalue weighted by atomic mass is 9.64. The summed E-state index contributed by atoms with van der Waals surface area (Å²) in [6.45, 7) is -0.222. The highest BCUT2D eigenvalue weighted by Crippen LogP contribution is 2.62. The summed E-state index contributed by atoms with van der Waals surface area (Å²) in [5.74, 6) is 0.633. The van der Waals surface area contributed by atoms with Crippen molar-refractivity contribution in [2.24, 2.45) is 11.3 Å². The van der Waals surface area contributed by atoms with Crippen molar-refractivity contribution in [3.8, 4) is 5.75 Å². The molecule has 0 N–H and O–H groups in total. The molecule has 1 unspecified atom stereocenters. The molecule has 3 aliphatic rings. The van der Waals surface area contributed by atoms with Gasteiger partial charge in [-0.25, -0.2) is 4.79 Å². The maximum Gasteiger partial charge on any atom is 0.343 e. The number of hydrogen-bond acceptors (Lipinski definition) is 4. The Hall–Kier alpha value is -1.52. The van der Waals surface area contributed by atoms with E-state index in [1.165, 1.54) is 32.8 Å². The van der Waals surface area contributed by atoms with Crippen molar-refractivity contribution in [1.29, 1.82) is 0 Å². The molecule has 0 radical (unpaired) electrons. The summed E-state index contributed by atoms with van der Waals surface area (Å²) in [7, 11) is 1.31. The fourth-order valence-electron chi connectivity index (χ4n) is 5.13. The third-order valence-electron chi connectivity index (χ3n) is 6.40. The normalized spacial score (nSPS) is 24.4. The quantitative estimate of drug-likeness (QED) is 0.655. The number of carbonyl (C=O) groups is 2. The van der Waals surface area contributed by atoms with E-state index < -0.39 is 5.97 Å². The topological polar surface area (TPSA) is 52.6 Å². The highest BCUT2D eigenvalue weighted by Gasteiger charge is 2.50. The molecule has 144 valence electrons. The van der Waals surface area contributed by atoms with Crippen molar-refractivity contribution in [2.75, 3.05) is 13.7 Å². The zero-order chi connectivity index (χ0) is 19.2. The standard InChI is InChI=1S/C21H22Cl2O4/c1-26-17(25)11-27-16-8-12-10-21(13-4-2-3-5-13)7-6-14(24)9-15(21)18(12)20(23)19(16)22/h8-9,13H,2-7,10-11H2,1H3. The lowest BCUT2D eigenvalue weighted by Gasteiger charge is -2.39. The highest BCUT2D eigenvalue weighted by molar-refractivity contribution is 6.44. The maximum atomic E-state index is 12.2. The average molecular weight is 409 g/mol. The Morgan fingerprint density at radius 3 is 2.70 bits per heavy atom. The van der Waals surface area contributed by atoms with Crippen LogP contribution in [0.3, 0.4) is 0 Å². The van der Waals surface area contributed by atoms with Gasteiger partial charge in [0.05, 0.1) is 12.1 Å². The summed E-state index contributed by atoms with van der Waals surface area (Å²) < 4.78 is 10.2. The summed E-state index contributed by atoms with van der Waals surface area (Å²) in [5, 5.41) is 0.690. The number of benzene rings is 1. The van der Waals surface area contributed by atoms with Gasteiger partial charge in [0.15, 0.2) is 12.4 Å². The number of hydrogen-bond donors (Lipinski definition) is 0. The summed E-state index contributed by atoms with van der Waals surface area (Å²) in [4.78, 5) is 23.6. The number of methoxy groups -OCH3 is 1. The van der Waals surface area contributed by atoms with Gasteiger partial charge >= 0.3 is 5.97 Å². The van der Waals surface area contributed by atoms with Gasteiger partial charge in [-0.15, -0.1) is 0 Å². The van der Waals surface area contributed by atoms with Crippen molar-refractivity contribution in [1.82, 2.24) is 0 Å². The lowest BCUT2D eigenvalue weighted by Crippen LogP contribution is -2.32. The third kappa shape index (κ3) is 3.07. The Bertz CT molecular complexity index is 839. The van der Waals surface area contributed by atoms with Gasteiger partial charge in [0.2, 0.25) is 0 Å². The van der Waals surface area contributed by atoms with Crippen molar-refractivity contribution in [2.45, 2.75) is 44.9 Å². The molecule has 0 heterocycles. The summed E-state index contributed by atoms with van der Waals surface area (Å²) in [6.07, 6.45) is 8.96. The van der Waals surface area contributed by atoms with E-state index >= 15 is 0 Å². The molecule has 0 bridgehead atoms. The van der Waals surface area contributed by atoms with Crippen LogP contribution in [0.1, 0.15) is 49.7 Å². The van der Waals surface area contributed by atoms with E-state index in [1.54, 1.807) is 6.08 Å². The van der Waals surface area contributed by atoms with E-state index in [0.717, 1.165) is 29.5 Å². The smallest absolute Gasteiger partial charge is 0.343 e. The first-order chi connectivity index (χ1) is 13.0. The second-order valence-electron chi connectivity index (χ2n) is 7.74. The van der Waals surface area contributed by atoms with Gasteiger partial charge in [0, 0.05) is 17.4 Å². The Morgan fingerprint density at radius 2 is 2.00 bits per heavy atom. The van der Waals surface area contributed by atoms with Gasteiger partial charge in [0.25, 0.3) is 0 Å². The molecule has 0 spiro atoms. The maximum absolute atomic E-state index is 12.2. The van der Waals surface area contributed by atoms with Crippen LogP contribution in [-0.4, -0.2) is 25.5 Å². The highest BCUT2D eigenvalue weighted by atomic mass is 35.5. The van der Waals surface area contributed by atoms with Crippen LogP contribution in [0.25, 0.3) is 5.57 Å². The first kappa shape index (κ1) is 18.8. The minimum atomic E-state index is -0.480. The molecule has 1 aromatic carbocycles. The number of fused-ring (bicyclic) bond motifs is 3. The van der Waals surface area contributed by atoms with Crippen molar-refractivity contribution < 1.29 is 19.1 Å². The molecule has 1 saturated carbocycles. The average Bonchev–Trinajstić information content (AvgIpc) is 3.29. The number of ether oxygens (including phenoxy) is 2. The van der Waals surface area contributed by atoms with Crippen LogP contribution in [0, 0.1) is 11.3 Å². The zero-order valence-corrected chi connectivity index (χ0v) is 16.8. The predicted molar refractivity (Wildman–Crippen MR) is 104 cm³/mol. The van der Waals surface area contributed by atoms with Crippen LogP contribution in [0.15, 0.2) is 12.1 Å². The zero-order valence-electron chi connectivity index (χ0n) is 15.3. The van der Waals surface area contributed by atoms with Crippen LogP contribution in [0.5, 0.6) is 5.75 Å². The molecule has 1 atom stereocenters. The van der Waals surface area contributed by atoms with Crippen molar-refractivity contribution >= 4 is 40.5 Å². The number of halogens is 2. The molecule has 1 aromatic rings. The number of carbonyl (C=O) groups excluding carboxylic acids is 2. The first-order valence-corrected chi connectivity index (χ1v) is 10.2. The van der Waals surface area contributed by atoms with Crippen LogP contribution in [0.2, 0.25) is 10.0 Å². The first-order valence-electron chi connectivity index (χ1n) is 9.42. The lowest BCUT2D eigenvalue weighted by molar-refractivity contribution is -0.142. The van der Waals surface area contributed by atoms with E-state index in [0.29, 0.717) is 23.1 Å². The van der Waals surface area contributed by atoms with Crippen molar-refractivity contribution in [3.05, 3.63) is 33.3 Å². The fourth-order valence-corrected chi connectivity index (χ4v) is 5.65. The fraction of sp³-hybridized carbons (Fsp3) is 0.524. The minimum Gasteiger partial charge on any atom is -0.480 e. The largest absolute Gasteiger partial charge is 0.480 e. The summed E-state index contributed by atoms with van der Waals surface area (Å²) in [6, 6.07) is 1.88. The van der Waals surface area contributed by atoms with Gasteiger partial charge in [-0.2, -0.15) is 0 Å². The minimum absolute atomic E-state index is 0.0271. The molecule has 4 rings (SSSR count). The molecule has 4 nitrogen and oxygen atoms in total. The summed E-state index contributed by atoms with van der Waals surface area (Å²) in [5.41, 5.74) is 2.98. The molecule has 0 saturated heterocycles. The Kier molecular flexibility index (Phi) is 4.98. The van der Waals surface area contributed by atoms with Crippen LogP contribution < -0.4 is 4.74 Å². The molecule has 0 aliphatic heterocycles. The number of rotatable bonds is 4. The molecule has 1 fully saturated rings. The van der Waals surface area contributed by atoms with Crippen LogP contribution in [-0.2, 0) is 20.7 Å². The van der Waals surface area contributed by atoms with E-state index in [4.69, 9.17) is 27.9 Å². The van der Waals surface area contributed by atoms with Gasteiger partial charge in [-0.05, 0) is 54.9 Å². The molecule has 0 aromatic heterocycles. The van der Waals surface area contributed by atoms with Gasteiger partial charge in [-0.3, -0.25) is 4.79 Å². The van der Waals surface area contributed by atoms with E-state index in [9.17, 15) is 9.59 Å². The Balaban J connectivity index is 1.77. The number of allylic oxidation sites excluding steroid dienone is 2.